The third-order valence-corrected chi connectivity index (χ3v) is 11.0. The second kappa shape index (κ2) is 18.1. The number of ether oxygens (including phenoxy) is 2. The molecular formula is C43H60FN5O7. The molecule has 1 aliphatic carbocycles. The minimum absolute atomic E-state index is 0.00395. The average Bonchev–Trinajstić information content (AvgIpc) is 3.16. The molecule has 306 valence electrons. The van der Waals surface area contributed by atoms with Crippen LogP contribution in [0.15, 0.2) is 54.6 Å². The number of amides is 5. The first-order valence-electron chi connectivity index (χ1n) is 20.1. The van der Waals surface area contributed by atoms with Gasteiger partial charge in [-0.1, -0.05) is 61.7 Å². The molecule has 12 nitrogen and oxygen atoms in total. The summed E-state index contributed by atoms with van der Waals surface area (Å²) in [5, 5.41) is 6.16. The van der Waals surface area contributed by atoms with Crippen LogP contribution in [0.5, 0.6) is 0 Å². The molecule has 3 aliphatic rings. The van der Waals surface area contributed by atoms with Gasteiger partial charge in [0.2, 0.25) is 17.7 Å². The van der Waals surface area contributed by atoms with Crippen molar-refractivity contribution in [2.75, 3.05) is 32.7 Å². The van der Waals surface area contributed by atoms with Crippen molar-refractivity contribution in [3.05, 3.63) is 71.5 Å². The van der Waals surface area contributed by atoms with Crippen molar-refractivity contribution < 1.29 is 37.8 Å². The lowest BCUT2D eigenvalue weighted by Gasteiger charge is -2.48. The van der Waals surface area contributed by atoms with Gasteiger partial charge in [-0.05, 0) is 96.4 Å². The van der Waals surface area contributed by atoms with Gasteiger partial charge in [-0.15, -0.1) is 0 Å². The number of piperazine rings is 1. The van der Waals surface area contributed by atoms with Gasteiger partial charge in [0.1, 0.15) is 30.1 Å². The lowest BCUT2D eigenvalue weighted by Crippen LogP contribution is -2.64. The highest BCUT2D eigenvalue weighted by molar-refractivity contribution is 5.92. The molecule has 2 aromatic rings. The van der Waals surface area contributed by atoms with Crippen LogP contribution in [0.25, 0.3) is 0 Å². The van der Waals surface area contributed by atoms with Crippen LogP contribution >= 0.6 is 0 Å². The number of piperidine rings is 1. The van der Waals surface area contributed by atoms with Gasteiger partial charge in [-0.25, -0.2) is 14.0 Å². The summed E-state index contributed by atoms with van der Waals surface area (Å²) in [7, 11) is 0. The number of hydrogen-bond acceptors (Lipinski definition) is 7. The third-order valence-electron chi connectivity index (χ3n) is 11.0. The maximum atomic E-state index is 14.5. The number of nitrogens with zero attached hydrogens (tertiary/aromatic N) is 3. The Balaban J connectivity index is 1.37. The van der Waals surface area contributed by atoms with Crippen molar-refractivity contribution in [1.82, 2.24) is 25.3 Å². The molecule has 2 heterocycles. The van der Waals surface area contributed by atoms with Crippen LogP contribution in [0.3, 0.4) is 0 Å². The molecule has 56 heavy (non-hydrogen) atoms. The molecule has 2 unspecified atom stereocenters. The Bertz CT molecular complexity index is 1680. The maximum Gasteiger partial charge on any atom is 0.411 e. The Kier molecular flexibility index (Phi) is 13.7. The molecule has 13 heteroatoms. The molecule has 5 amide bonds. The molecule has 2 aromatic carbocycles. The van der Waals surface area contributed by atoms with E-state index in [0.717, 1.165) is 37.7 Å². The molecule has 2 atom stereocenters. The standard InChI is InChI=1S/C43H60FN5O7/c1-41(2,3)46-38(52)43(32-15-11-8-12-16-32)21-23-47(24-22-43)37(51)34(27-30-17-19-33(44)20-18-30)45-36(50)35-28-48(25-26-49(35)40(54)56-42(4,5)6)39(53)55-29-31-13-9-7-10-14-31/h7,9-10,13-14,17-20,32,34-35H,8,11-12,15-16,21-29H2,1-6H3,(H,45,50)(H,46,52). The van der Waals surface area contributed by atoms with Crippen LogP contribution in [0.1, 0.15) is 97.6 Å². The summed E-state index contributed by atoms with van der Waals surface area (Å²) in [6, 6.07) is 12.7. The summed E-state index contributed by atoms with van der Waals surface area (Å²) in [4.78, 5) is 74.0. The summed E-state index contributed by atoms with van der Waals surface area (Å²) in [5.41, 5.74) is -0.434. The van der Waals surface area contributed by atoms with Crippen molar-refractivity contribution in [3.63, 3.8) is 0 Å². The fourth-order valence-corrected chi connectivity index (χ4v) is 8.13. The first-order chi connectivity index (χ1) is 26.4. The number of nitrogens with one attached hydrogen (secondary N) is 2. The Hall–Kier alpha value is -4.68. The van der Waals surface area contributed by atoms with Gasteiger partial charge >= 0.3 is 12.2 Å². The molecule has 0 aromatic heterocycles. The summed E-state index contributed by atoms with van der Waals surface area (Å²) >= 11 is 0. The quantitative estimate of drug-likeness (QED) is 0.309. The molecule has 2 aliphatic heterocycles. The monoisotopic (exact) mass is 777 g/mol. The Morgan fingerprint density at radius 1 is 0.804 bits per heavy atom. The minimum atomic E-state index is -1.20. The summed E-state index contributed by atoms with van der Waals surface area (Å²) in [6.07, 6.45) is 4.95. The molecule has 5 rings (SSSR count). The van der Waals surface area contributed by atoms with Gasteiger partial charge in [0.05, 0.1) is 12.0 Å². The largest absolute Gasteiger partial charge is 0.445 e. The second-order valence-corrected chi connectivity index (χ2v) is 17.6. The van der Waals surface area contributed by atoms with Gasteiger partial charge in [-0.3, -0.25) is 19.3 Å². The fourth-order valence-electron chi connectivity index (χ4n) is 8.13. The number of benzene rings is 2. The smallest absolute Gasteiger partial charge is 0.411 e. The Morgan fingerprint density at radius 2 is 1.45 bits per heavy atom. The van der Waals surface area contributed by atoms with Crippen LogP contribution in [-0.2, 0) is 36.9 Å². The number of carbonyl (C=O) groups excluding carboxylic acids is 5. The molecule has 0 bridgehead atoms. The molecule has 0 radical (unpaired) electrons. The zero-order valence-electron chi connectivity index (χ0n) is 33.9. The van der Waals surface area contributed by atoms with Gasteiger partial charge in [0, 0.05) is 38.1 Å². The number of likely N-dealkylation sites (tertiary alicyclic amines) is 1. The van der Waals surface area contributed by atoms with Crippen LogP contribution in [-0.4, -0.2) is 101 Å². The first-order valence-corrected chi connectivity index (χ1v) is 20.1. The Labute approximate surface area is 330 Å². The van der Waals surface area contributed by atoms with Crippen molar-refractivity contribution in [1.29, 1.82) is 0 Å². The topological polar surface area (TPSA) is 138 Å². The van der Waals surface area contributed by atoms with Crippen LogP contribution in [0.2, 0.25) is 0 Å². The zero-order chi connectivity index (χ0) is 40.7. The normalized spacial score (nSPS) is 19.8. The number of rotatable bonds is 9. The van der Waals surface area contributed by atoms with Gasteiger partial charge < -0.3 is 29.9 Å². The molecule has 0 spiro atoms. The lowest BCUT2D eigenvalue weighted by atomic mass is 9.63. The number of carbonyl (C=O) groups is 5. The lowest BCUT2D eigenvalue weighted by molar-refractivity contribution is -0.147. The molecule has 2 saturated heterocycles. The maximum absolute atomic E-state index is 14.5. The predicted octanol–water partition coefficient (Wildman–Crippen LogP) is 6.21. The van der Waals surface area contributed by atoms with E-state index in [2.05, 4.69) is 10.6 Å². The Morgan fingerprint density at radius 3 is 2.05 bits per heavy atom. The van der Waals surface area contributed by atoms with Gasteiger partial charge in [0.15, 0.2) is 0 Å². The first kappa shape index (κ1) is 42.5. The van der Waals surface area contributed by atoms with Crippen molar-refractivity contribution in [2.45, 2.75) is 123 Å². The molecule has 3 fully saturated rings. The highest BCUT2D eigenvalue weighted by Gasteiger charge is 2.49. The second-order valence-electron chi connectivity index (χ2n) is 17.6. The van der Waals surface area contributed by atoms with E-state index < -0.39 is 52.5 Å². The summed E-state index contributed by atoms with van der Waals surface area (Å²) < 4.78 is 25.2. The van der Waals surface area contributed by atoms with Crippen molar-refractivity contribution >= 4 is 29.9 Å². The highest BCUT2D eigenvalue weighted by Crippen LogP contribution is 2.46. The van der Waals surface area contributed by atoms with Crippen LogP contribution < -0.4 is 10.6 Å². The SMILES string of the molecule is CC(C)(C)NC(=O)C1(C2CCCCC2)CCN(C(=O)C(Cc2ccc(F)cc2)NC(=O)C2CN(C(=O)OCc3ccccc3)CCN2C(=O)OC(C)(C)C)CC1. The van der Waals surface area contributed by atoms with Crippen LogP contribution in [0, 0.1) is 17.2 Å². The third kappa shape index (κ3) is 11.2. The van der Waals surface area contributed by atoms with Gasteiger partial charge in [0.25, 0.3) is 0 Å². The van der Waals surface area contributed by atoms with E-state index >= 15 is 0 Å². The van der Waals surface area contributed by atoms with E-state index in [1.54, 1.807) is 37.8 Å². The van der Waals surface area contributed by atoms with E-state index in [9.17, 15) is 28.4 Å². The molecule has 1 saturated carbocycles. The zero-order valence-corrected chi connectivity index (χ0v) is 33.9. The molecular weight excluding hydrogens is 717 g/mol. The summed E-state index contributed by atoms with van der Waals surface area (Å²) in [5.74, 6) is -1.16. The summed E-state index contributed by atoms with van der Waals surface area (Å²) in [6.45, 7) is 11.7. The van der Waals surface area contributed by atoms with E-state index in [-0.39, 0.29) is 50.4 Å². The predicted molar refractivity (Wildman–Crippen MR) is 210 cm³/mol. The van der Waals surface area contributed by atoms with Gasteiger partial charge in [-0.2, -0.15) is 0 Å². The van der Waals surface area contributed by atoms with E-state index in [1.165, 1.54) is 21.9 Å². The van der Waals surface area contributed by atoms with Crippen molar-refractivity contribution in [2.24, 2.45) is 11.3 Å². The number of halogens is 1. The van der Waals surface area contributed by atoms with E-state index in [4.69, 9.17) is 9.47 Å². The minimum Gasteiger partial charge on any atom is -0.445 e. The highest BCUT2D eigenvalue weighted by atomic mass is 19.1. The fraction of sp³-hybridized carbons (Fsp3) is 0.605. The number of hydrogen-bond donors (Lipinski definition) is 2. The van der Waals surface area contributed by atoms with E-state index in [1.807, 2.05) is 51.1 Å². The average molecular weight is 778 g/mol. The van der Waals surface area contributed by atoms with E-state index in [0.29, 0.717) is 31.5 Å². The molecule has 2 N–H and O–H groups in total. The van der Waals surface area contributed by atoms with Crippen molar-refractivity contribution in [3.8, 4) is 0 Å². The van der Waals surface area contributed by atoms with Crippen LogP contribution in [0.4, 0.5) is 14.0 Å².